The van der Waals surface area contributed by atoms with Crippen LogP contribution in [0.3, 0.4) is 0 Å². The first-order chi connectivity index (χ1) is 12.6. The minimum atomic E-state index is -0.730. The predicted molar refractivity (Wildman–Crippen MR) is 101 cm³/mol. The van der Waals surface area contributed by atoms with Gasteiger partial charge in [0.25, 0.3) is 0 Å². The van der Waals surface area contributed by atoms with Crippen LogP contribution in [0.4, 0.5) is 5.82 Å². The van der Waals surface area contributed by atoms with E-state index in [9.17, 15) is 5.11 Å². The molecule has 0 radical (unpaired) electrons. The summed E-state index contributed by atoms with van der Waals surface area (Å²) in [6.07, 6.45) is 6.62. The Kier molecular flexibility index (Phi) is 4.50. The second-order valence-corrected chi connectivity index (χ2v) is 7.10. The molecule has 0 spiro atoms. The predicted octanol–water partition coefficient (Wildman–Crippen LogP) is 2.79. The number of nitrogens with two attached hydrogens (primary N) is 1. The van der Waals surface area contributed by atoms with Gasteiger partial charge in [0, 0.05) is 12.8 Å². The molecule has 3 heterocycles. The molecule has 0 bridgehead atoms. The Hall–Kier alpha value is -2.25. The molecule has 3 aromatic rings. The number of rotatable bonds is 5. The molecule has 1 saturated carbocycles. The number of aromatic nitrogens is 4. The molecular formula is C19H25N5O2. The van der Waals surface area contributed by atoms with Gasteiger partial charge in [-0.25, -0.2) is 9.97 Å². The number of anilines is 1. The summed E-state index contributed by atoms with van der Waals surface area (Å²) in [6, 6.07) is 3.74. The Morgan fingerprint density at radius 1 is 1.23 bits per heavy atom. The maximum absolute atomic E-state index is 11.1. The van der Waals surface area contributed by atoms with Crippen molar-refractivity contribution in [2.45, 2.75) is 57.8 Å². The molecule has 7 heteroatoms. The highest BCUT2D eigenvalue weighted by atomic mass is 16.5. The van der Waals surface area contributed by atoms with Gasteiger partial charge in [-0.05, 0) is 31.9 Å². The Morgan fingerprint density at radius 2 is 2.04 bits per heavy atom. The van der Waals surface area contributed by atoms with Crippen molar-refractivity contribution in [2.75, 3.05) is 12.3 Å². The molecule has 1 aliphatic carbocycles. The van der Waals surface area contributed by atoms with Crippen molar-refractivity contribution in [3.05, 3.63) is 24.2 Å². The molecule has 26 heavy (non-hydrogen) atoms. The van der Waals surface area contributed by atoms with Gasteiger partial charge in [-0.2, -0.15) is 0 Å². The van der Waals surface area contributed by atoms with E-state index < -0.39 is 5.60 Å². The molecule has 3 aromatic heterocycles. The van der Waals surface area contributed by atoms with Crippen LogP contribution >= 0.6 is 0 Å². The number of hydrogen-bond acceptors (Lipinski definition) is 6. The van der Waals surface area contributed by atoms with Gasteiger partial charge in [0.2, 0.25) is 0 Å². The van der Waals surface area contributed by atoms with Crippen molar-refractivity contribution in [3.63, 3.8) is 0 Å². The van der Waals surface area contributed by atoms with Gasteiger partial charge in [0.1, 0.15) is 29.0 Å². The van der Waals surface area contributed by atoms with Gasteiger partial charge in [-0.1, -0.05) is 19.3 Å². The first-order valence-corrected chi connectivity index (χ1v) is 9.31. The number of pyridine rings is 2. The van der Waals surface area contributed by atoms with Crippen LogP contribution in [-0.4, -0.2) is 36.8 Å². The van der Waals surface area contributed by atoms with Gasteiger partial charge < -0.3 is 20.1 Å². The Balaban J connectivity index is 1.91. The molecule has 0 aliphatic heterocycles. The topological polar surface area (TPSA) is 99.1 Å². The number of fused-ring (bicyclic) bond motifs is 3. The molecular weight excluding hydrogens is 330 g/mol. The molecule has 1 fully saturated rings. The van der Waals surface area contributed by atoms with E-state index in [0.717, 1.165) is 48.1 Å². The molecule has 1 aliphatic rings. The van der Waals surface area contributed by atoms with Crippen molar-refractivity contribution in [1.82, 2.24) is 19.5 Å². The number of nitrogen functional groups attached to an aromatic ring is 1. The van der Waals surface area contributed by atoms with Crippen molar-refractivity contribution in [2.24, 2.45) is 0 Å². The van der Waals surface area contributed by atoms with E-state index in [1.54, 1.807) is 6.20 Å². The van der Waals surface area contributed by atoms with Gasteiger partial charge in [0.05, 0.1) is 17.7 Å². The molecule has 0 amide bonds. The highest BCUT2D eigenvalue weighted by Gasteiger charge is 2.32. The third-order valence-electron chi connectivity index (χ3n) is 5.21. The Morgan fingerprint density at radius 3 is 2.81 bits per heavy atom. The van der Waals surface area contributed by atoms with E-state index in [4.69, 9.17) is 15.5 Å². The number of hydrogen-bond donors (Lipinski definition) is 2. The van der Waals surface area contributed by atoms with Crippen molar-refractivity contribution >= 4 is 27.9 Å². The summed E-state index contributed by atoms with van der Waals surface area (Å²) in [6.45, 7) is 3.39. The quantitative estimate of drug-likeness (QED) is 0.730. The van der Waals surface area contributed by atoms with Crippen LogP contribution in [0.25, 0.3) is 22.1 Å². The largest absolute Gasteiger partial charge is 0.388 e. The van der Waals surface area contributed by atoms with Crippen molar-refractivity contribution < 1.29 is 9.84 Å². The fraction of sp³-hybridized carbons (Fsp3) is 0.526. The highest BCUT2D eigenvalue weighted by Crippen LogP contribution is 2.33. The standard InChI is InChI=1S/C19H25N5O2/c1-2-26-11-14-23-16-17(15-13(22-18(16)20)7-6-10-21-15)24(14)12-19(25)8-4-3-5-9-19/h6-7,10,25H,2-5,8-9,11-12H2,1H3,(H2,20,22). The monoisotopic (exact) mass is 355 g/mol. The molecule has 0 atom stereocenters. The summed E-state index contributed by atoms with van der Waals surface area (Å²) in [5, 5.41) is 11.1. The van der Waals surface area contributed by atoms with Crippen LogP contribution in [0.15, 0.2) is 18.3 Å². The van der Waals surface area contributed by atoms with E-state index in [1.165, 1.54) is 6.42 Å². The molecule has 138 valence electrons. The lowest BCUT2D eigenvalue weighted by Gasteiger charge is -2.33. The summed E-state index contributed by atoms with van der Waals surface area (Å²) in [7, 11) is 0. The fourth-order valence-corrected chi connectivity index (χ4v) is 3.91. The second kappa shape index (κ2) is 6.81. The van der Waals surface area contributed by atoms with Gasteiger partial charge in [0.15, 0.2) is 5.82 Å². The minimum Gasteiger partial charge on any atom is -0.388 e. The SMILES string of the molecule is CCOCc1nc2c(N)nc3cccnc3c2n1CC1(O)CCCCC1. The zero-order chi connectivity index (χ0) is 18.1. The van der Waals surface area contributed by atoms with Gasteiger partial charge in [-0.15, -0.1) is 0 Å². The number of aliphatic hydroxyl groups is 1. The minimum absolute atomic E-state index is 0.370. The van der Waals surface area contributed by atoms with Gasteiger partial charge in [-0.3, -0.25) is 4.98 Å². The number of ether oxygens (including phenoxy) is 1. The van der Waals surface area contributed by atoms with Crippen LogP contribution in [0.5, 0.6) is 0 Å². The Labute approximate surface area is 152 Å². The zero-order valence-electron chi connectivity index (χ0n) is 15.1. The molecule has 0 saturated heterocycles. The summed E-state index contributed by atoms with van der Waals surface area (Å²) < 4.78 is 7.66. The molecule has 3 N–H and O–H groups in total. The summed E-state index contributed by atoms with van der Waals surface area (Å²) in [4.78, 5) is 13.7. The summed E-state index contributed by atoms with van der Waals surface area (Å²) in [5.41, 5.74) is 8.41. The lowest BCUT2D eigenvalue weighted by Crippen LogP contribution is -2.36. The van der Waals surface area contributed by atoms with Gasteiger partial charge >= 0.3 is 0 Å². The lowest BCUT2D eigenvalue weighted by molar-refractivity contribution is -0.0123. The summed E-state index contributed by atoms with van der Waals surface area (Å²) >= 11 is 0. The average molecular weight is 355 g/mol. The fourth-order valence-electron chi connectivity index (χ4n) is 3.91. The third-order valence-corrected chi connectivity index (χ3v) is 5.21. The van der Waals surface area contributed by atoms with Crippen molar-refractivity contribution in [3.8, 4) is 0 Å². The van der Waals surface area contributed by atoms with E-state index in [-0.39, 0.29) is 0 Å². The smallest absolute Gasteiger partial charge is 0.152 e. The molecule has 0 unspecified atom stereocenters. The normalized spacial score (nSPS) is 17.2. The first-order valence-electron chi connectivity index (χ1n) is 9.31. The van der Waals surface area contributed by atoms with E-state index in [0.29, 0.717) is 31.1 Å². The Bertz CT molecular complexity index is 930. The average Bonchev–Trinajstić information content (AvgIpc) is 2.99. The van der Waals surface area contributed by atoms with Crippen LogP contribution < -0.4 is 5.73 Å². The maximum Gasteiger partial charge on any atom is 0.152 e. The number of nitrogens with zero attached hydrogens (tertiary/aromatic N) is 4. The van der Waals surface area contributed by atoms with E-state index in [2.05, 4.69) is 9.97 Å². The zero-order valence-corrected chi connectivity index (χ0v) is 15.1. The summed E-state index contributed by atoms with van der Waals surface area (Å²) in [5.74, 6) is 1.14. The molecule has 4 rings (SSSR count). The van der Waals surface area contributed by atoms with Crippen LogP contribution in [-0.2, 0) is 17.9 Å². The second-order valence-electron chi connectivity index (χ2n) is 7.10. The molecule has 7 nitrogen and oxygen atoms in total. The first kappa shape index (κ1) is 17.2. The third kappa shape index (κ3) is 3.01. The molecule has 0 aromatic carbocycles. The number of imidazole rings is 1. The maximum atomic E-state index is 11.1. The van der Waals surface area contributed by atoms with Crippen LogP contribution in [0.2, 0.25) is 0 Å². The van der Waals surface area contributed by atoms with Crippen LogP contribution in [0, 0.1) is 0 Å². The van der Waals surface area contributed by atoms with Crippen molar-refractivity contribution in [1.29, 1.82) is 0 Å². The lowest BCUT2D eigenvalue weighted by atomic mass is 9.85. The van der Waals surface area contributed by atoms with E-state index in [1.807, 2.05) is 23.6 Å². The van der Waals surface area contributed by atoms with E-state index >= 15 is 0 Å². The van der Waals surface area contributed by atoms with Crippen LogP contribution in [0.1, 0.15) is 44.9 Å². The highest BCUT2D eigenvalue weighted by molar-refractivity contribution is 6.04.